The third kappa shape index (κ3) is 3.37. The Hall–Kier alpha value is -0.540. The monoisotopic (exact) mass is 362 g/mol. The van der Waals surface area contributed by atoms with Gasteiger partial charge in [-0.2, -0.15) is 17.0 Å². The number of pyridine rings is 1. The predicted molar refractivity (Wildman–Crippen MR) is 81.5 cm³/mol. The predicted octanol–water partition coefficient (Wildman–Crippen LogP) is 0.985. The van der Waals surface area contributed by atoms with E-state index >= 15 is 0 Å². The summed E-state index contributed by atoms with van der Waals surface area (Å²) < 4.78 is 27.4. The van der Waals surface area contributed by atoms with Gasteiger partial charge in [0.15, 0.2) is 0 Å². The average Bonchev–Trinajstić information content (AvgIpc) is 2.32. The summed E-state index contributed by atoms with van der Waals surface area (Å²) in [4.78, 5) is 4.13. The molecule has 1 aliphatic heterocycles. The molecule has 112 valence electrons. The van der Waals surface area contributed by atoms with Crippen molar-refractivity contribution >= 4 is 26.1 Å². The molecule has 1 aromatic heterocycles. The van der Waals surface area contributed by atoms with E-state index in [0.717, 1.165) is 10.0 Å². The lowest BCUT2D eigenvalue weighted by Crippen LogP contribution is -2.61. The molecule has 0 aromatic carbocycles. The number of halogens is 1. The van der Waals surface area contributed by atoms with Crippen LogP contribution in [-0.2, 0) is 10.2 Å². The highest BCUT2D eigenvalue weighted by molar-refractivity contribution is 9.10. The lowest BCUT2D eigenvalue weighted by Gasteiger charge is -2.41. The summed E-state index contributed by atoms with van der Waals surface area (Å²) in [5.41, 5.74) is 1.08. The van der Waals surface area contributed by atoms with E-state index < -0.39 is 10.2 Å². The van der Waals surface area contributed by atoms with E-state index in [2.05, 4.69) is 26.2 Å². The SMILES string of the molecule is CC(NC1CN(S(=O)(=O)N(C)C)C1)c1cncc(Br)c1. The van der Waals surface area contributed by atoms with Gasteiger partial charge in [0.1, 0.15) is 0 Å². The molecule has 20 heavy (non-hydrogen) atoms. The van der Waals surface area contributed by atoms with E-state index in [9.17, 15) is 8.42 Å². The lowest BCUT2D eigenvalue weighted by atomic mass is 10.1. The van der Waals surface area contributed by atoms with Crippen LogP contribution < -0.4 is 5.32 Å². The first-order chi connectivity index (χ1) is 9.30. The zero-order chi connectivity index (χ0) is 14.9. The summed E-state index contributed by atoms with van der Waals surface area (Å²) >= 11 is 3.40. The maximum atomic E-state index is 11.9. The normalized spacial score (nSPS) is 19.1. The Labute approximate surface area is 128 Å². The molecule has 1 aromatic rings. The molecular formula is C12H19BrN4O2S. The number of nitrogens with zero attached hydrogens (tertiary/aromatic N) is 3. The molecule has 1 aliphatic rings. The van der Waals surface area contributed by atoms with Gasteiger partial charge in [-0.25, -0.2) is 0 Å². The molecule has 1 saturated heterocycles. The minimum Gasteiger partial charge on any atom is -0.305 e. The van der Waals surface area contributed by atoms with Crippen LogP contribution in [-0.4, -0.2) is 55.2 Å². The van der Waals surface area contributed by atoms with Gasteiger partial charge in [-0.05, 0) is 34.5 Å². The molecule has 0 aliphatic carbocycles. The maximum Gasteiger partial charge on any atom is 0.281 e. The molecule has 2 heterocycles. The average molecular weight is 363 g/mol. The van der Waals surface area contributed by atoms with Gasteiger partial charge >= 0.3 is 0 Å². The van der Waals surface area contributed by atoms with E-state index in [1.54, 1.807) is 20.3 Å². The molecule has 0 bridgehead atoms. The van der Waals surface area contributed by atoms with Gasteiger partial charge in [0, 0.05) is 56.1 Å². The van der Waals surface area contributed by atoms with E-state index in [1.807, 2.05) is 19.2 Å². The first-order valence-corrected chi connectivity index (χ1v) is 8.54. The van der Waals surface area contributed by atoms with Gasteiger partial charge in [-0.3, -0.25) is 4.98 Å². The highest BCUT2D eigenvalue weighted by Crippen LogP contribution is 2.21. The van der Waals surface area contributed by atoms with E-state index in [0.29, 0.717) is 13.1 Å². The Balaban J connectivity index is 1.89. The van der Waals surface area contributed by atoms with Gasteiger partial charge in [-0.1, -0.05) is 0 Å². The van der Waals surface area contributed by atoms with Crippen LogP contribution in [0.3, 0.4) is 0 Å². The van der Waals surface area contributed by atoms with Crippen LogP contribution in [0.4, 0.5) is 0 Å². The molecule has 0 spiro atoms. The molecule has 6 nitrogen and oxygen atoms in total. The van der Waals surface area contributed by atoms with Crippen molar-refractivity contribution in [3.05, 3.63) is 28.5 Å². The maximum absolute atomic E-state index is 11.9. The summed E-state index contributed by atoms with van der Waals surface area (Å²) in [7, 11) is -0.178. The van der Waals surface area contributed by atoms with Crippen molar-refractivity contribution in [3.63, 3.8) is 0 Å². The molecular weight excluding hydrogens is 344 g/mol. The Morgan fingerprint density at radius 3 is 2.65 bits per heavy atom. The van der Waals surface area contributed by atoms with Crippen LogP contribution in [0.5, 0.6) is 0 Å². The van der Waals surface area contributed by atoms with Crippen LogP contribution in [0.15, 0.2) is 22.9 Å². The Morgan fingerprint density at radius 2 is 2.10 bits per heavy atom. The van der Waals surface area contributed by atoms with Crippen molar-refractivity contribution in [1.29, 1.82) is 0 Å². The summed E-state index contributed by atoms with van der Waals surface area (Å²) in [6.45, 7) is 3.06. The van der Waals surface area contributed by atoms with Gasteiger partial charge in [0.05, 0.1) is 0 Å². The standard InChI is InChI=1S/C12H19BrN4O2S/c1-9(10-4-11(13)6-14-5-10)15-12-7-17(8-12)20(18,19)16(2)3/h4-6,9,12,15H,7-8H2,1-3H3. The van der Waals surface area contributed by atoms with Gasteiger partial charge < -0.3 is 5.32 Å². The Bertz CT molecular complexity index is 573. The van der Waals surface area contributed by atoms with Crippen LogP contribution in [0.25, 0.3) is 0 Å². The topological polar surface area (TPSA) is 65.5 Å². The van der Waals surface area contributed by atoms with Crippen LogP contribution in [0.2, 0.25) is 0 Å². The smallest absolute Gasteiger partial charge is 0.281 e. The van der Waals surface area contributed by atoms with Gasteiger partial charge in [0.2, 0.25) is 0 Å². The van der Waals surface area contributed by atoms with Gasteiger partial charge in [0.25, 0.3) is 10.2 Å². The fourth-order valence-corrected chi connectivity index (χ4v) is 3.66. The van der Waals surface area contributed by atoms with Gasteiger partial charge in [-0.15, -0.1) is 0 Å². The van der Waals surface area contributed by atoms with E-state index in [1.165, 1.54) is 8.61 Å². The van der Waals surface area contributed by atoms with Crippen LogP contribution >= 0.6 is 15.9 Å². The second-order valence-corrected chi connectivity index (χ2v) is 8.19. The second kappa shape index (κ2) is 6.07. The number of rotatable bonds is 5. The lowest BCUT2D eigenvalue weighted by molar-refractivity contribution is 0.204. The van der Waals surface area contributed by atoms with E-state index in [-0.39, 0.29) is 12.1 Å². The second-order valence-electron chi connectivity index (χ2n) is 5.13. The molecule has 1 N–H and O–H groups in total. The summed E-state index contributed by atoms with van der Waals surface area (Å²) in [5, 5.41) is 3.42. The zero-order valence-electron chi connectivity index (χ0n) is 11.7. The molecule has 0 amide bonds. The van der Waals surface area contributed by atoms with Crippen LogP contribution in [0, 0.1) is 0 Å². The Kier molecular flexibility index (Phi) is 4.80. The first-order valence-electron chi connectivity index (χ1n) is 6.35. The van der Waals surface area contributed by atoms with Crippen LogP contribution in [0.1, 0.15) is 18.5 Å². The van der Waals surface area contributed by atoms with Crippen molar-refractivity contribution in [2.75, 3.05) is 27.2 Å². The molecule has 2 rings (SSSR count). The fourth-order valence-electron chi connectivity index (χ4n) is 2.08. The third-order valence-electron chi connectivity index (χ3n) is 3.35. The first kappa shape index (κ1) is 15.8. The largest absolute Gasteiger partial charge is 0.305 e. The summed E-state index contributed by atoms with van der Waals surface area (Å²) in [6, 6.07) is 2.32. The highest BCUT2D eigenvalue weighted by atomic mass is 79.9. The molecule has 0 saturated carbocycles. The number of aromatic nitrogens is 1. The molecule has 1 fully saturated rings. The minimum atomic E-state index is -3.27. The highest BCUT2D eigenvalue weighted by Gasteiger charge is 2.37. The van der Waals surface area contributed by atoms with Crippen molar-refractivity contribution < 1.29 is 8.42 Å². The zero-order valence-corrected chi connectivity index (χ0v) is 14.1. The van der Waals surface area contributed by atoms with Crippen molar-refractivity contribution in [2.24, 2.45) is 0 Å². The fraction of sp³-hybridized carbons (Fsp3) is 0.583. The molecule has 0 radical (unpaired) electrons. The van der Waals surface area contributed by atoms with E-state index in [4.69, 9.17) is 0 Å². The number of nitrogens with one attached hydrogen (secondary N) is 1. The van der Waals surface area contributed by atoms with Crippen molar-refractivity contribution in [3.8, 4) is 0 Å². The quantitative estimate of drug-likeness (QED) is 0.847. The van der Waals surface area contributed by atoms with Crippen molar-refractivity contribution in [2.45, 2.75) is 19.0 Å². The number of hydrogen-bond acceptors (Lipinski definition) is 4. The molecule has 8 heteroatoms. The summed E-state index contributed by atoms with van der Waals surface area (Å²) in [6.07, 6.45) is 3.56. The third-order valence-corrected chi connectivity index (χ3v) is 5.65. The molecule has 1 unspecified atom stereocenters. The molecule has 1 atom stereocenters. The minimum absolute atomic E-state index is 0.134. The summed E-state index contributed by atoms with van der Waals surface area (Å²) in [5.74, 6) is 0. The Morgan fingerprint density at radius 1 is 1.45 bits per heavy atom. The van der Waals surface area contributed by atoms with Crippen molar-refractivity contribution in [1.82, 2.24) is 18.9 Å². The number of hydrogen-bond donors (Lipinski definition) is 1.